The Bertz CT molecular complexity index is 543. The molecule has 0 saturated carbocycles. The number of hydrogen-bond acceptors (Lipinski definition) is 5. The largest absolute Gasteiger partial charge is 0.444 e. The molecule has 1 aliphatic heterocycles. The van der Waals surface area contributed by atoms with Crippen molar-refractivity contribution in [2.45, 2.75) is 33.3 Å². The normalized spacial score (nSPS) is 15.6. The molecule has 0 N–H and O–H groups in total. The Morgan fingerprint density at radius 1 is 1.05 bits per heavy atom. The lowest BCUT2D eigenvalue weighted by Gasteiger charge is -2.35. The number of ether oxygens (including phenoxy) is 1. The van der Waals surface area contributed by atoms with E-state index in [2.05, 4.69) is 9.97 Å². The van der Waals surface area contributed by atoms with Gasteiger partial charge in [0.1, 0.15) is 11.3 Å². The number of carbonyl (C=O) groups excluding carboxylic acids is 2. The van der Waals surface area contributed by atoms with E-state index in [4.69, 9.17) is 4.74 Å². The van der Waals surface area contributed by atoms with E-state index in [-0.39, 0.29) is 12.0 Å². The Morgan fingerprint density at radius 2 is 1.64 bits per heavy atom. The van der Waals surface area contributed by atoms with Gasteiger partial charge >= 0.3 is 6.09 Å². The van der Waals surface area contributed by atoms with E-state index in [1.807, 2.05) is 27.7 Å². The third-order valence-corrected chi connectivity index (χ3v) is 3.22. The van der Waals surface area contributed by atoms with Gasteiger partial charge in [0.2, 0.25) is 0 Å². The van der Waals surface area contributed by atoms with Crippen LogP contribution in [0.2, 0.25) is 0 Å². The van der Waals surface area contributed by atoms with Gasteiger partial charge in [0.05, 0.1) is 11.9 Å². The summed E-state index contributed by atoms with van der Waals surface area (Å²) in [4.78, 5) is 35.8. The number of aromatic nitrogens is 2. The highest BCUT2D eigenvalue weighted by Crippen LogP contribution is 2.12. The summed E-state index contributed by atoms with van der Waals surface area (Å²) in [6.45, 7) is 9.17. The molecule has 7 nitrogen and oxygen atoms in total. The molecule has 0 aliphatic carbocycles. The quantitative estimate of drug-likeness (QED) is 0.785. The van der Waals surface area contributed by atoms with Crippen molar-refractivity contribution < 1.29 is 14.3 Å². The van der Waals surface area contributed by atoms with Crippen LogP contribution in [0, 0.1) is 6.92 Å². The highest BCUT2D eigenvalue weighted by atomic mass is 16.6. The van der Waals surface area contributed by atoms with Gasteiger partial charge in [0.25, 0.3) is 5.91 Å². The Hall–Kier alpha value is -2.18. The smallest absolute Gasteiger partial charge is 0.410 e. The third-order valence-electron chi connectivity index (χ3n) is 3.22. The average Bonchev–Trinajstić information content (AvgIpc) is 2.46. The second-order valence-electron chi connectivity index (χ2n) is 6.30. The zero-order valence-corrected chi connectivity index (χ0v) is 13.5. The molecule has 1 aliphatic rings. The van der Waals surface area contributed by atoms with Gasteiger partial charge in [-0.3, -0.25) is 9.78 Å². The molecule has 1 fully saturated rings. The second-order valence-corrected chi connectivity index (χ2v) is 6.30. The SMILES string of the molecule is Cc1cnc(C(=O)N2CCN(C(=O)OC(C)(C)C)CC2)cn1. The van der Waals surface area contributed by atoms with Crippen LogP contribution in [-0.4, -0.2) is 63.5 Å². The summed E-state index contributed by atoms with van der Waals surface area (Å²) in [5.41, 5.74) is 0.587. The number of carbonyl (C=O) groups is 2. The van der Waals surface area contributed by atoms with Crippen LogP contribution in [0.1, 0.15) is 37.0 Å². The summed E-state index contributed by atoms with van der Waals surface area (Å²) in [5, 5.41) is 0. The maximum Gasteiger partial charge on any atom is 0.410 e. The maximum absolute atomic E-state index is 12.3. The van der Waals surface area contributed by atoms with Crippen LogP contribution >= 0.6 is 0 Å². The van der Waals surface area contributed by atoms with Gasteiger partial charge < -0.3 is 14.5 Å². The molecule has 0 radical (unpaired) electrons. The van der Waals surface area contributed by atoms with E-state index in [9.17, 15) is 9.59 Å². The summed E-state index contributed by atoms with van der Waals surface area (Å²) in [6.07, 6.45) is 2.72. The van der Waals surface area contributed by atoms with E-state index >= 15 is 0 Å². The number of nitrogens with zero attached hydrogens (tertiary/aromatic N) is 4. The second kappa shape index (κ2) is 6.29. The molecular weight excluding hydrogens is 284 g/mol. The Kier molecular flexibility index (Phi) is 4.63. The summed E-state index contributed by atoms with van der Waals surface area (Å²) in [7, 11) is 0. The fraction of sp³-hybridized carbons (Fsp3) is 0.600. The molecule has 1 aromatic rings. The number of rotatable bonds is 1. The number of hydrogen-bond donors (Lipinski definition) is 0. The monoisotopic (exact) mass is 306 g/mol. The van der Waals surface area contributed by atoms with Crippen LogP contribution in [0.3, 0.4) is 0 Å². The number of aryl methyl sites for hydroxylation is 1. The van der Waals surface area contributed by atoms with Crippen molar-refractivity contribution in [2.24, 2.45) is 0 Å². The molecule has 1 saturated heterocycles. The first-order valence-corrected chi connectivity index (χ1v) is 7.32. The van der Waals surface area contributed by atoms with Gasteiger partial charge in [-0.1, -0.05) is 0 Å². The number of piperazine rings is 1. The highest BCUT2D eigenvalue weighted by Gasteiger charge is 2.28. The van der Waals surface area contributed by atoms with Crippen LogP contribution in [-0.2, 0) is 4.74 Å². The third kappa shape index (κ3) is 4.16. The molecular formula is C15H22N4O3. The van der Waals surface area contributed by atoms with Gasteiger partial charge in [-0.25, -0.2) is 9.78 Å². The Balaban J connectivity index is 1.90. The molecule has 0 spiro atoms. The van der Waals surface area contributed by atoms with Crippen molar-refractivity contribution in [1.82, 2.24) is 19.8 Å². The van der Waals surface area contributed by atoms with Crippen molar-refractivity contribution in [3.8, 4) is 0 Å². The van der Waals surface area contributed by atoms with Crippen molar-refractivity contribution in [1.29, 1.82) is 0 Å². The average molecular weight is 306 g/mol. The van der Waals surface area contributed by atoms with Crippen molar-refractivity contribution in [3.63, 3.8) is 0 Å². The summed E-state index contributed by atoms with van der Waals surface area (Å²) >= 11 is 0. The van der Waals surface area contributed by atoms with Crippen LogP contribution < -0.4 is 0 Å². The summed E-state index contributed by atoms with van der Waals surface area (Å²) < 4.78 is 5.33. The minimum atomic E-state index is -0.512. The molecule has 120 valence electrons. The van der Waals surface area contributed by atoms with Gasteiger partial charge in [0, 0.05) is 32.4 Å². The van der Waals surface area contributed by atoms with Gasteiger partial charge in [-0.2, -0.15) is 0 Å². The first-order chi connectivity index (χ1) is 10.3. The molecule has 0 aromatic carbocycles. The first-order valence-electron chi connectivity index (χ1n) is 7.32. The van der Waals surface area contributed by atoms with Crippen LogP contribution in [0.4, 0.5) is 4.79 Å². The van der Waals surface area contributed by atoms with Crippen LogP contribution in [0.15, 0.2) is 12.4 Å². The first kappa shape index (κ1) is 16.2. The molecule has 1 aromatic heterocycles. The summed E-state index contributed by atoms with van der Waals surface area (Å²) in [5.74, 6) is -0.156. The number of amides is 2. The molecule has 0 bridgehead atoms. The fourth-order valence-electron chi connectivity index (χ4n) is 2.08. The van der Waals surface area contributed by atoms with E-state index in [1.165, 1.54) is 6.20 Å². The van der Waals surface area contributed by atoms with Crippen molar-refractivity contribution in [3.05, 3.63) is 23.8 Å². The van der Waals surface area contributed by atoms with Crippen LogP contribution in [0.5, 0.6) is 0 Å². The van der Waals surface area contributed by atoms with Crippen molar-refractivity contribution in [2.75, 3.05) is 26.2 Å². The molecule has 22 heavy (non-hydrogen) atoms. The molecule has 7 heteroatoms. The molecule has 2 heterocycles. The minimum absolute atomic E-state index is 0.156. The van der Waals surface area contributed by atoms with E-state index in [0.29, 0.717) is 31.9 Å². The lowest BCUT2D eigenvalue weighted by atomic mass is 10.2. The Morgan fingerprint density at radius 3 is 2.14 bits per heavy atom. The molecule has 0 atom stereocenters. The van der Waals surface area contributed by atoms with E-state index < -0.39 is 5.60 Å². The van der Waals surface area contributed by atoms with Gasteiger partial charge in [0.15, 0.2) is 0 Å². The predicted molar refractivity (Wildman–Crippen MR) is 80.5 cm³/mol. The standard InChI is InChI=1S/C15H22N4O3/c1-11-9-17-12(10-16-11)13(20)18-5-7-19(8-6-18)14(21)22-15(2,3)4/h9-10H,5-8H2,1-4H3. The van der Waals surface area contributed by atoms with Gasteiger partial charge in [-0.05, 0) is 27.7 Å². The van der Waals surface area contributed by atoms with E-state index in [1.54, 1.807) is 16.0 Å². The highest BCUT2D eigenvalue weighted by molar-refractivity contribution is 5.92. The molecule has 2 amide bonds. The lowest BCUT2D eigenvalue weighted by Crippen LogP contribution is -2.51. The maximum atomic E-state index is 12.3. The van der Waals surface area contributed by atoms with E-state index in [0.717, 1.165) is 5.69 Å². The topological polar surface area (TPSA) is 75.6 Å². The lowest BCUT2D eigenvalue weighted by molar-refractivity contribution is 0.0140. The van der Waals surface area contributed by atoms with Crippen LogP contribution in [0.25, 0.3) is 0 Å². The zero-order chi connectivity index (χ0) is 16.3. The summed E-state index contributed by atoms with van der Waals surface area (Å²) in [6, 6.07) is 0. The molecule has 2 rings (SSSR count). The Labute approximate surface area is 130 Å². The zero-order valence-electron chi connectivity index (χ0n) is 13.5. The minimum Gasteiger partial charge on any atom is -0.444 e. The fourth-order valence-corrected chi connectivity index (χ4v) is 2.08. The predicted octanol–water partition coefficient (Wildman–Crippen LogP) is 1.48. The van der Waals surface area contributed by atoms with Gasteiger partial charge in [-0.15, -0.1) is 0 Å². The van der Waals surface area contributed by atoms with Crippen molar-refractivity contribution >= 4 is 12.0 Å². The molecule has 0 unspecified atom stereocenters.